The number of nitrogens with zero attached hydrogens (tertiary/aromatic N) is 6. The zero-order valence-corrected chi connectivity index (χ0v) is 17.7. The largest absolute Gasteiger partial charge is 0.473 e. The molecule has 4 aromatic rings. The number of carbonyl (C=O) groups is 1. The maximum atomic E-state index is 12.1. The minimum absolute atomic E-state index is 0.0295. The Hall–Kier alpha value is -4.19. The van der Waals surface area contributed by atoms with Gasteiger partial charge in [0, 0.05) is 49.8 Å². The predicted molar refractivity (Wildman–Crippen MR) is 117 cm³/mol. The molecule has 1 amide bonds. The molecular formula is C23H21N7O2. The van der Waals surface area contributed by atoms with Gasteiger partial charge >= 0.3 is 0 Å². The van der Waals surface area contributed by atoms with Crippen LogP contribution in [0.15, 0.2) is 48.9 Å². The Kier molecular flexibility index (Phi) is 4.82. The number of rotatable bonds is 5. The molecule has 0 bridgehead atoms. The lowest BCUT2D eigenvalue weighted by Gasteiger charge is -2.30. The van der Waals surface area contributed by atoms with Crippen LogP contribution in [0.4, 0.5) is 0 Å². The van der Waals surface area contributed by atoms with E-state index < -0.39 is 0 Å². The Morgan fingerprint density at radius 2 is 2.09 bits per heavy atom. The molecule has 32 heavy (non-hydrogen) atoms. The van der Waals surface area contributed by atoms with E-state index in [0.29, 0.717) is 29.9 Å². The van der Waals surface area contributed by atoms with E-state index in [-0.39, 0.29) is 17.9 Å². The molecule has 0 unspecified atom stereocenters. The van der Waals surface area contributed by atoms with Crippen molar-refractivity contribution >= 4 is 11.6 Å². The van der Waals surface area contributed by atoms with E-state index in [4.69, 9.17) is 15.1 Å². The molecule has 1 saturated carbocycles. The van der Waals surface area contributed by atoms with Crippen LogP contribution >= 0.6 is 0 Å². The van der Waals surface area contributed by atoms with Gasteiger partial charge in [0.1, 0.15) is 6.10 Å². The van der Waals surface area contributed by atoms with Gasteiger partial charge in [0.15, 0.2) is 5.65 Å². The quantitative estimate of drug-likeness (QED) is 0.524. The molecule has 0 radical (unpaired) electrons. The van der Waals surface area contributed by atoms with Gasteiger partial charge < -0.3 is 10.1 Å². The monoisotopic (exact) mass is 427 g/mol. The van der Waals surface area contributed by atoms with Crippen molar-refractivity contribution in [1.29, 1.82) is 5.26 Å². The number of nitrogens with one attached hydrogen (secondary N) is 1. The van der Waals surface area contributed by atoms with Gasteiger partial charge in [0.05, 0.1) is 35.6 Å². The molecule has 0 aliphatic heterocycles. The number of imidazole rings is 1. The topological polar surface area (TPSA) is 110 Å². The second kappa shape index (κ2) is 7.81. The van der Waals surface area contributed by atoms with Crippen LogP contribution in [0.1, 0.15) is 23.2 Å². The number of benzene rings is 1. The van der Waals surface area contributed by atoms with E-state index in [1.54, 1.807) is 34.7 Å². The highest BCUT2D eigenvalue weighted by Crippen LogP contribution is 2.36. The fourth-order valence-electron chi connectivity index (χ4n) is 3.84. The van der Waals surface area contributed by atoms with Crippen LogP contribution in [0.2, 0.25) is 0 Å². The Balaban J connectivity index is 1.60. The third-order valence-corrected chi connectivity index (χ3v) is 5.68. The van der Waals surface area contributed by atoms with Crippen LogP contribution in [0.3, 0.4) is 0 Å². The minimum Gasteiger partial charge on any atom is -0.473 e. The van der Waals surface area contributed by atoms with E-state index in [9.17, 15) is 4.79 Å². The summed E-state index contributed by atoms with van der Waals surface area (Å²) in [4.78, 5) is 16.6. The fourth-order valence-corrected chi connectivity index (χ4v) is 3.84. The van der Waals surface area contributed by atoms with Crippen LogP contribution in [0, 0.1) is 17.2 Å². The van der Waals surface area contributed by atoms with Crippen molar-refractivity contribution in [2.45, 2.75) is 18.9 Å². The van der Waals surface area contributed by atoms with Crippen molar-refractivity contribution in [2.75, 3.05) is 7.05 Å². The molecule has 3 heterocycles. The number of hydrogen-bond donors (Lipinski definition) is 1. The summed E-state index contributed by atoms with van der Waals surface area (Å²) in [6, 6.07) is 11.5. The maximum Gasteiger partial charge on any atom is 0.251 e. The molecule has 0 atom stereocenters. The molecule has 1 aliphatic rings. The van der Waals surface area contributed by atoms with E-state index >= 15 is 0 Å². The predicted octanol–water partition coefficient (Wildman–Crippen LogP) is 2.84. The lowest BCUT2D eigenvalue weighted by molar-refractivity contribution is 0.0839. The van der Waals surface area contributed by atoms with Gasteiger partial charge in [-0.3, -0.25) is 9.48 Å². The van der Waals surface area contributed by atoms with Crippen LogP contribution < -0.4 is 10.1 Å². The molecule has 160 valence electrons. The first-order valence-electron chi connectivity index (χ1n) is 10.3. The van der Waals surface area contributed by atoms with Crippen molar-refractivity contribution in [2.24, 2.45) is 13.0 Å². The summed E-state index contributed by atoms with van der Waals surface area (Å²) in [5.74, 6) is 0.337. The number of fused-ring (bicyclic) bond motifs is 1. The molecule has 1 aliphatic carbocycles. The third-order valence-electron chi connectivity index (χ3n) is 5.68. The molecular weight excluding hydrogens is 406 g/mol. The molecule has 9 nitrogen and oxygen atoms in total. The van der Waals surface area contributed by atoms with Crippen molar-refractivity contribution in [3.63, 3.8) is 0 Å². The van der Waals surface area contributed by atoms with Crippen LogP contribution in [-0.2, 0) is 7.05 Å². The lowest BCUT2D eigenvalue weighted by atomic mass is 9.83. The summed E-state index contributed by atoms with van der Waals surface area (Å²) >= 11 is 0. The minimum atomic E-state index is -0.159. The highest BCUT2D eigenvalue weighted by molar-refractivity contribution is 5.95. The summed E-state index contributed by atoms with van der Waals surface area (Å²) in [5, 5.41) is 20.8. The maximum absolute atomic E-state index is 12.1. The number of aryl methyl sites for hydroxylation is 1. The van der Waals surface area contributed by atoms with E-state index in [1.165, 1.54) is 0 Å². The molecule has 1 fully saturated rings. The Labute approximate surface area is 184 Å². The Bertz CT molecular complexity index is 1360. The SMILES string of the molecule is CNC(=O)c1cccc(-c2cnc3cc(-c4cnn(C)c4)c(OC4CC(C#N)C4)nn23)c1. The summed E-state index contributed by atoms with van der Waals surface area (Å²) in [7, 11) is 3.46. The lowest BCUT2D eigenvalue weighted by Crippen LogP contribution is -2.33. The number of aromatic nitrogens is 5. The zero-order valence-electron chi connectivity index (χ0n) is 17.7. The number of amides is 1. The number of hydrogen-bond acceptors (Lipinski definition) is 6. The highest BCUT2D eigenvalue weighted by atomic mass is 16.5. The van der Waals surface area contributed by atoms with Crippen molar-refractivity contribution < 1.29 is 9.53 Å². The summed E-state index contributed by atoms with van der Waals surface area (Å²) < 4.78 is 9.66. The molecule has 0 spiro atoms. The molecule has 1 N–H and O–H groups in total. The van der Waals surface area contributed by atoms with Gasteiger partial charge in [-0.25, -0.2) is 9.50 Å². The second-order valence-corrected chi connectivity index (χ2v) is 7.88. The first-order chi connectivity index (χ1) is 15.6. The first kappa shape index (κ1) is 19.8. The molecule has 1 aromatic carbocycles. The second-order valence-electron chi connectivity index (χ2n) is 7.88. The Morgan fingerprint density at radius 1 is 1.25 bits per heavy atom. The summed E-state index contributed by atoms with van der Waals surface area (Å²) in [6.45, 7) is 0. The summed E-state index contributed by atoms with van der Waals surface area (Å²) in [6.07, 6.45) is 6.72. The van der Waals surface area contributed by atoms with E-state index in [2.05, 4.69) is 21.5 Å². The van der Waals surface area contributed by atoms with E-state index in [1.807, 2.05) is 37.5 Å². The fraction of sp³-hybridized carbons (Fsp3) is 0.261. The number of carbonyl (C=O) groups excluding carboxylic acids is 1. The van der Waals surface area contributed by atoms with Gasteiger partial charge in [0.2, 0.25) is 5.88 Å². The average Bonchev–Trinajstić information content (AvgIpc) is 3.40. The normalized spacial score (nSPS) is 17.5. The van der Waals surface area contributed by atoms with Gasteiger partial charge in [0.25, 0.3) is 5.91 Å². The standard InChI is InChI=1S/C23H21N7O2/c1-25-22(31)16-5-3-4-15(8-16)20-12-26-21-9-19(17-11-27-29(2)13-17)23(28-30(20)21)32-18-6-14(7-18)10-24/h3-5,8-9,11-14,18H,6-7H2,1-2H3,(H,25,31). The van der Waals surface area contributed by atoms with Crippen LogP contribution in [0.5, 0.6) is 5.88 Å². The Morgan fingerprint density at radius 3 is 2.81 bits per heavy atom. The van der Waals surface area contributed by atoms with Crippen molar-refractivity contribution in [3.8, 4) is 34.3 Å². The average molecular weight is 427 g/mol. The molecule has 5 rings (SSSR count). The van der Waals surface area contributed by atoms with Gasteiger partial charge in [-0.05, 0) is 18.2 Å². The highest BCUT2D eigenvalue weighted by Gasteiger charge is 2.32. The van der Waals surface area contributed by atoms with Gasteiger partial charge in [-0.2, -0.15) is 10.4 Å². The summed E-state index contributed by atoms with van der Waals surface area (Å²) in [5.41, 5.74) is 4.44. The van der Waals surface area contributed by atoms with Gasteiger partial charge in [-0.15, -0.1) is 5.10 Å². The number of ether oxygens (including phenoxy) is 1. The van der Waals surface area contributed by atoms with Crippen molar-refractivity contribution in [1.82, 2.24) is 29.7 Å². The van der Waals surface area contributed by atoms with Crippen LogP contribution in [0.25, 0.3) is 28.0 Å². The third kappa shape index (κ3) is 3.46. The number of nitriles is 1. The van der Waals surface area contributed by atoms with Crippen molar-refractivity contribution in [3.05, 3.63) is 54.5 Å². The molecule has 9 heteroatoms. The van der Waals surface area contributed by atoms with Crippen LogP contribution in [-0.4, -0.2) is 43.4 Å². The molecule has 3 aromatic heterocycles. The van der Waals surface area contributed by atoms with E-state index in [0.717, 1.165) is 22.4 Å². The zero-order chi connectivity index (χ0) is 22.2. The van der Waals surface area contributed by atoms with Gasteiger partial charge in [-0.1, -0.05) is 12.1 Å². The smallest absolute Gasteiger partial charge is 0.251 e. The first-order valence-corrected chi connectivity index (χ1v) is 10.3. The molecule has 0 saturated heterocycles.